The van der Waals surface area contributed by atoms with Crippen molar-refractivity contribution in [2.75, 3.05) is 6.61 Å². The number of epoxide rings is 1. The van der Waals surface area contributed by atoms with Gasteiger partial charge in [-0.1, -0.05) is 41.9 Å². The Hall–Kier alpha value is -0.790. The molecule has 1 saturated heterocycles. The maximum atomic E-state index is 5.95. The Morgan fingerprint density at radius 2 is 2.08 bits per heavy atom. The Bertz CT molecular complexity index is 288. The fraction of sp³-hybridized carbons (Fsp3) is 0.200. The van der Waals surface area contributed by atoms with Crippen molar-refractivity contribution < 1.29 is 4.74 Å². The molecule has 1 unspecified atom stereocenters. The molecule has 2 rings (SSSR count). The minimum Gasteiger partial charge on any atom is -0.367 e. The van der Waals surface area contributed by atoms with Gasteiger partial charge in [-0.3, -0.25) is 0 Å². The average molecular weight is 181 g/mol. The summed E-state index contributed by atoms with van der Waals surface area (Å²) >= 11 is 5.95. The van der Waals surface area contributed by atoms with Gasteiger partial charge in [0, 0.05) is 5.03 Å². The summed E-state index contributed by atoms with van der Waals surface area (Å²) in [5.74, 6) is 0. The maximum Gasteiger partial charge on any atom is 0.116 e. The second kappa shape index (κ2) is 3.30. The molecule has 0 N–H and O–H groups in total. The van der Waals surface area contributed by atoms with E-state index in [0.29, 0.717) is 0 Å². The Morgan fingerprint density at radius 3 is 2.67 bits per heavy atom. The molecule has 1 aliphatic heterocycles. The molecule has 1 aromatic rings. The summed E-state index contributed by atoms with van der Waals surface area (Å²) in [6, 6.07) is 10.0. The SMILES string of the molecule is Cl/C(=C/c1ccccc1)C1CO1. The Morgan fingerprint density at radius 1 is 1.42 bits per heavy atom. The minimum atomic E-state index is 0.159. The first-order valence-corrected chi connectivity index (χ1v) is 4.28. The molecular weight excluding hydrogens is 172 g/mol. The molecular formula is C10H9ClO. The van der Waals surface area contributed by atoms with Crippen LogP contribution in [0.25, 0.3) is 6.08 Å². The summed E-state index contributed by atoms with van der Waals surface area (Å²) < 4.78 is 5.04. The van der Waals surface area contributed by atoms with Gasteiger partial charge in [0.2, 0.25) is 0 Å². The van der Waals surface area contributed by atoms with Crippen LogP contribution in [0.2, 0.25) is 0 Å². The largest absolute Gasteiger partial charge is 0.367 e. The van der Waals surface area contributed by atoms with Crippen molar-refractivity contribution in [1.82, 2.24) is 0 Å². The average Bonchev–Trinajstić information content (AvgIpc) is 2.88. The van der Waals surface area contributed by atoms with Crippen molar-refractivity contribution in [3.05, 3.63) is 40.9 Å². The highest BCUT2D eigenvalue weighted by atomic mass is 35.5. The van der Waals surface area contributed by atoms with Crippen LogP contribution >= 0.6 is 11.6 Å². The van der Waals surface area contributed by atoms with Crippen LogP contribution in [-0.2, 0) is 4.74 Å². The highest BCUT2D eigenvalue weighted by molar-refractivity contribution is 6.32. The Kier molecular flexibility index (Phi) is 2.15. The predicted molar refractivity (Wildman–Crippen MR) is 50.0 cm³/mol. The number of hydrogen-bond donors (Lipinski definition) is 0. The highest BCUT2D eigenvalue weighted by Crippen LogP contribution is 2.24. The second-order valence-electron chi connectivity index (χ2n) is 2.76. The minimum absolute atomic E-state index is 0.159. The molecule has 0 saturated carbocycles. The first kappa shape index (κ1) is 7.84. The number of hydrogen-bond acceptors (Lipinski definition) is 1. The van der Waals surface area contributed by atoms with E-state index in [2.05, 4.69) is 0 Å². The number of ether oxygens (including phenoxy) is 1. The lowest BCUT2D eigenvalue weighted by atomic mass is 10.2. The Balaban J connectivity index is 2.15. The molecule has 1 atom stereocenters. The van der Waals surface area contributed by atoms with E-state index < -0.39 is 0 Å². The van der Waals surface area contributed by atoms with Crippen LogP contribution in [0.15, 0.2) is 35.4 Å². The molecule has 0 radical (unpaired) electrons. The molecule has 1 heterocycles. The van der Waals surface area contributed by atoms with Crippen LogP contribution in [0.1, 0.15) is 5.56 Å². The quantitative estimate of drug-likeness (QED) is 0.638. The van der Waals surface area contributed by atoms with Crippen molar-refractivity contribution in [3.8, 4) is 0 Å². The van der Waals surface area contributed by atoms with Crippen LogP contribution in [-0.4, -0.2) is 12.7 Å². The Labute approximate surface area is 76.6 Å². The second-order valence-corrected chi connectivity index (χ2v) is 3.20. The van der Waals surface area contributed by atoms with Gasteiger partial charge in [0.25, 0.3) is 0 Å². The monoisotopic (exact) mass is 180 g/mol. The molecule has 1 nitrogen and oxygen atoms in total. The summed E-state index contributed by atoms with van der Waals surface area (Å²) in [5.41, 5.74) is 1.12. The first-order valence-electron chi connectivity index (χ1n) is 3.90. The molecule has 0 bridgehead atoms. The van der Waals surface area contributed by atoms with Gasteiger partial charge >= 0.3 is 0 Å². The zero-order chi connectivity index (χ0) is 8.39. The summed E-state index contributed by atoms with van der Waals surface area (Å²) in [5, 5.41) is 0.793. The molecule has 0 aromatic heterocycles. The summed E-state index contributed by atoms with van der Waals surface area (Å²) in [6.07, 6.45) is 2.10. The van der Waals surface area contributed by atoms with Crippen LogP contribution in [0.5, 0.6) is 0 Å². The van der Waals surface area contributed by atoms with E-state index in [0.717, 1.165) is 17.2 Å². The van der Waals surface area contributed by atoms with E-state index in [-0.39, 0.29) is 6.10 Å². The van der Waals surface area contributed by atoms with Gasteiger partial charge in [-0.25, -0.2) is 0 Å². The molecule has 0 spiro atoms. The van der Waals surface area contributed by atoms with Gasteiger partial charge in [-0.15, -0.1) is 0 Å². The fourth-order valence-corrected chi connectivity index (χ4v) is 1.26. The number of benzene rings is 1. The predicted octanol–water partition coefficient (Wildman–Crippen LogP) is 2.67. The molecule has 62 valence electrons. The van der Waals surface area contributed by atoms with Crippen molar-refractivity contribution in [1.29, 1.82) is 0 Å². The molecule has 0 amide bonds. The first-order chi connectivity index (χ1) is 5.86. The van der Waals surface area contributed by atoms with Crippen molar-refractivity contribution in [2.45, 2.75) is 6.10 Å². The van der Waals surface area contributed by atoms with Gasteiger partial charge in [0.05, 0.1) is 6.61 Å². The third-order valence-corrected chi connectivity index (χ3v) is 2.10. The highest BCUT2D eigenvalue weighted by Gasteiger charge is 2.25. The van der Waals surface area contributed by atoms with Crippen LogP contribution in [0.4, 0.5) is 0 Å². The van der Waals surface area contributed by atoms with E-state index in [1.54, 1.807) is 0 Å². The maximum absolute atomic E-state index is 5.95. The smallest absolute Gasteiger partial charge is 0.116 e. The van der Waals surface area contributed by atoms with Crippen LogP contribution < -0.4 is 0 Å². The third kappa shape index (κ3) is 1.87. The van der Waals surface area contributed by atoms with Crippen molar-refractivity contribution >= 4 is 17.7 Å². The van der Waals surface area contributed by atoms with Gasteiger partial charge in [0.1, 0.15) is 6.10 Å². The van der Waals surface area contributed by atoms with Gasteiger partial charge < -0.3 is 4.74 Å². The van der Waals surface area contributed by atoms with Crippen LogP contribution in [0.3, 0.4) is 0 Å². The van der Waals surface area contributed by atoms with E-state index in [1.165, 1.54) is 0 Å². The zero-order valence-corrected chi connectivity index (χ0v) is 7.29. The van der Waals surface area contributed by atoms with Crippen molar-refractivity contribution in [2.24, 2.45) is 0 Å². The molecule has 12 heavy (non-hydrogen) atoms. The lowest BCUT2D eigenvalue weighted by Gasteiger charge is -1.93. The third-order valence-electron chi connectivity index (χ3n) is 1.75. The molecule has 1 aromatic carbocycles. The molecule has 2 heteroatoms. The van der Waals surface area contributed by atoms with Crippen LogP contribution in [0, 0.1) is 0 Å². The molecule has 1 aliphatic rings. The topological polar surface area (TPSA) is 12.5 Å². The number of halogens is 1. The lowest BCUT2D eigenvalue weighted by Crippen LogP contribution is -1.82. The van der Waals surface area contributed by atoms with E-state index in [9.17, 15) is 0 Å². The van der Waals surface area contributed by atoms with Crippen molar-refractivity contribution in [3.63, 3.8) is 0 Å². The summed E-state index contributed by atoms with van der Waals surface area (Å²) in [6.45, 7) is 0.766. The lowest BCUT2D eigenvalue weighted by molar-refractivity contribution is 0.438. The van der Waals surface area contributed by atoms with Gasteiger partial charge in [0.15, 0.2) is 0 Å². The fourth-order valence-electron chi connectivity index (χ4n) is 1.01. The van der Waals surface area contributed by atoms with Gasteiger partial charge in [-0.05, 0) is 11.6 Å². The molecule has 1 fully saturated rings. The molecule has 0 aliphatic carbocycles. The summed E-state index contributed by atoms with van der Waals surface area (Å²) in [7, 11) is 0. The van der Waals surface area contributed by atoms with E-state index >= 15 is 0 Å². The number of rotatable bonds is 2. The van der Waals surface area contributed by atoms with E-state index in [1.807, 2.05) is 36.4 Å². The zero-order valence-electron chi connectivity index (χ0n) is 6.53. The van der Waals surface area contributed by atoms with Gasteiger partial charge in [-0.2, -0.15) is 0 Å². The normalized spacial score (nSPS) is 22.4. The standard InChI is InChI=1S/C10H9ClO/c11-9(10-7-12-10)6-8-4-2-1-3-5-8/h1-6,10H,7H2/b9-6+. The summed E-state index contributed by atoms with van der Waals surface area (Å²) in [4.78, 5) is 0. The van der Waals surface area contributed by atoms with E-state index in [4.69, 9.17) is 16.3 Å².